The zero-order valence-corrected chi connectivity index (χ0v) is 16.1. The molecular weight excluding hydrogens is 365 g/mol. The van der Waals surface area contributed by atoms with Crippen molar-refractivity contribution in [2.75, 3.05) is 6.61 Å². The van der Waals surface area contributed by atoms with Crippen molar-refractivity contribution >= 4 is 10.9 Å². The second kappa shape index (κ2) is 8.59. The average Bonchev–Trinajstić information content (AvgIpc) is 2.65. The third kappa shape index (κ3) is 4.61. The number of rotatable bonds is 7. The van der Waals surface area contributed by atoms with Crippen molar-refractivity contribution in [3.8, 4) is 17.0 Å². The van der Waals surface area contributed by atoms with Crippen molar-refractivity contribution < 1.29 is 17.9 Å². The number of hydrogen-bond donors (Lipinski definition) is 0. The molecule has 3 nitrogen and oxygen atoms in total. The Morgan fingerprint density at radius 1 is 1.04 bits per heavy atom. The molecule has 0 aliphatic rings. The highest BCUT2D eigenvalue weighted by Crippen LogP contribution is 2.34. The number of halogens is 3. The molecule has 3 rings (SSSR count). The molecule has 0 spiro atoms. The molecule has 3 aromatic rings. The third-order valence-corrected chi connectivity index (χ3v) is 4.51. The van der Waals surface area contributed by atoms with Gasteiger partial charge in [0.1, 0.15) is 5.82 Å². The van der Waals surface area contributed by atoms with E-state index in [1.165, 1.54) is 24.4 Å². The Morgan fingerprint density at radius 3 is 2.54 bits per heavy atom. The number of nitrogens with zero attached hydrogens (tertiary/aromatic N) is 2. The van der Waals surface area contributed by atoms with Crippen molar-refractivity contribution in [2.24, 2.45) is 11.8 Å². The SMILES string of the molecule is CC(C)C[C@@H](C)COc1ncc(-c2ccnc3ccc(F)cc23)cc1C(F)F. The van der Waals surface area contributed by atoms with Crippen molar-refractivity contribution in [2.45, 2.75) is 33.6 Å². The van der Waals surface area contributed by atoms with Gasteiger partial charge in [-0.15, -0.1) is 0 Å². The summed E-state index contributed by atoms with van der Waals surface area (Å²) >= 11 is 0. The first kappa shape index (κ1) is 20.1. The van der Waals surface area contributed by atoms with Crippen molar-refractivity contribution in [1.82, 2.24) is 9.97 Å². The zero-order chi connectivity index (χ0) is 20.3. The molecule has 0 amide bonds. The van der Waals surface area contributed by atoms with Gasteiger partial charge in [-0.25, -0.2) is 18.2 Å². The summed E-state index contributed by atoms with van der Waals surface area (Å²) < 4.78 is 46.6. The summed E-state index contributed by atoms with van der Waals surface area (Å²) in [5.74, 6) is 0.268. The predicted octanol–water partition coefficient (Wildman–Crippen LogP) is 6.43. The summed E-state index contributed by atoms with van der Waals surface area (Å²) in [6, 6.07) is 7.25. The Labute approximate surface area is 162 Å². The molecule has 6 heteroatoms. The Hall–Kier alpha value is -2.63. The van der Waals surface area contributed by atoms with Gasteiger partial charge in [-0.3, -0.25) is 4.98 Å². The standard InChI is InChI=1S/C22H23F3N2O/c1-13(2)8-14(3)12-28-22-19(21(24)25)9-15(11-27-22)17-6-7-26-20-5-4-16(23)10-18(17)20/h4-7,9-11,13-14,21H,8,12H2,1-3H3/t14-/m1/s1. The van der Waals surface area contributed by atoms with Crippen LogP contribution in [0.4, 0.5) is 13.2 Å². The summed E-state index contributed by atoms with van der Waals surface area (Å²) in [4.78, 5) is 8.34. The van der Waals surface area contributed by atoms with Crippen molar-refractivity contribution in [3.63, 3.8) is 0 Å². The van der Waals surface area contributed by atoms with E-state index in [1.807, 2.05) is 6.92 Å². The first-order valence-corrected chi connectivity index (χ1v) is 9.30. The first-order valence-electron chi connectivity index (χ1n) is 9.30. The van der Waals surface area contributed by atoms with Crippen LogP contribution in [0.1, 0.15) is 39.2 Å². The quantitative estimate of drug-likeness (QED) is 0.467. The fourth-order valence-electron chi connectivity index (χ4n) is 3.36. The Bertz CT molecular complexity index is 960. The fraction of sp³-hybridized carbons (Fsp3) is 0.364. The lowest BCUT2D eigenvalue weighted by Crippen LogP contribution is -2.12. The maximum atomic E-state index is 13.7. The molecule has 148 valence electrons. The van der Waals surface area contributed by atoms with Crippen LogP contribution in [0.15, 0.2) is 42.7 Å². The van der Waals surface area contributed by atoms with Crippen LogP contribution in [0.3, 0.4) is 0 Å². The molecule has 0 N–H and O–H groups in total. The number of hydrogen-bond acceptors (Lipinski definition) is 3. The van der Waals surface area contributed by atoms with Gasteiger partial charge in [0.05, 0.1) is 17.7 Å². The molecule has 0 fully saturated rings. The van der Waals surface area contributed by atoms with Crippen LogP contribution >= 0.6 is 0 Å². The van der Waals surface area contributed by atoms with Crippen LogP contribution in [-0.4, -0.2) is 16.6 Å². The monoisotopic (exact) mass is 388 g/mol. The van der Waals surface area contributed by atoms with E-state index in [0.29, 0.717) is 34.6 Å². The summed E-state index contributed by atoms with van der Waals surface area (Å²) in [5, 5.41) is 0.545. The van der Waals surface area contributed by atoms with E-state index < -0.39 is 12.2 Å². The van der Waals surface area contributed by atoms with Crippen LogP contribution in [0.25, 0.3) is 22.0 Å². The van der Waals surface area contributed by atoms with Crippen LogP contribution in [0, 0.1) is 17.7 Å². The normalized spacial score (nSPS) is 12.7. The molecule has 0 radical (unpaired) electrons. The molecular formula is C22H23F3N2O. The lowest BCUT2D eigenvalue weighted by molar-refractivity contribution is 0.140. The van der Waals surface area contributed by atoms with Crippen LogP contribution in [0.5, 0.6) is 5.88 Å². The topological polar surface area (TPSA) is 35.0 Å². The smallest absolute Gasteiger partial charge is 0.269 e. The molecule has 0 unspecified atom stereocenters. The van der Waals surface area contributed by atoms with E-state index in [9.17, 15) is 13.2 Å². The Balaban J connectivity index is 1.94. The van der Waals surface area contributed by atoms with Crippen molar-refractivity contribution in [1.29, 1.82) is 0 Å². The summed E-state index contributed by atoms with van der Waals surface area (Å²) in [5.41, 5.74) is 1.38. The molecule has 1 atom stereocenters. The van der Waals surface area contributed by atoms with E-state index in [0.717, 1.165) is 6.42 Å². The minimum absolute atomic E-state index is 0.0566. The Morgan fingerprint density at radius 2 is 1.82 bits per heavy atom. The van der Waals surface area contributed by atoms with E-state index in [1.54, 1.807) is 18.3 Å². The maximum Gasteiger partial charge on any atom is 0.269 e. The highest BCUT2D eigenvalue weighted by molar-refractivity contribution is 5.94. The van der Waals surface area contributed by atoms with Gasteiger partial charge in [-0.05, 0) is 54.2 Å². The number of ether oxygens (including phenoxy) is 1. The highest BCUT2D eigenvalue weighted by atomic mass is 19.3. The largest absolute Gasteiger partial charge is 0.477 e. The summed E-state index contributed by atoms with van der Waals surface area (Å²) in [6.45, 7) is 6.56. The number of aromatic nitrogens is 2. The predicted molar refractivity (Wildman–Crippen MR) is 104 cm³/mol. The summed E-state index contributed by atoms with van der Waals surface area (Å²) in [6.07, 6.45) is 1.26. The number of alkyl halides is 2. The van der Waals surface area contributed by atoms with Gasteiger partial charge in [0.15, 0.2) is 0 Å². The molecule has 0 aliphatic heterocycles. The average molecular weight is 388 g/mol. The zero-order valence-electron chi connectivity index (χ0n) is 16.1. The molecule has 1 aromatic carbocycles. The van der Waals surface area contributed by atoms with Gasteiger partial charge in [-0.1, -0.05) is 20.8 Å². The van der Waals surface area contributed by atoms with Gasteiger partial charge >= 0.3 is 0 Å². The van der Waals surface area contributed by atoms with E-state index in [4.69, 9.17) is 4.74 Å². The number of pyridine rings is 2. The minimum Gasteiger partial charge on any atom is -0.477 e. The number of fused-ring (bicyclic) bond motifs is 1. The van der Waals surface area contributed by atoms with Gasteiger partial charge in [0.2, 0.25) is 5.88 Å². The minimum atomic E-state index is -2.73. The maximum absolute atomic E-state index is 13.7. The fourth-order valence-corrected chi connectivity index (χ4v) is 3.36. The molecule has 0 aliphatic carbocycles. The second-order valence-electron chi connectivity index (χ2n) is 7.48. The molecule has 0 saturated heterocycles. The first-order chi connectivity index (χ1) is 13.3. The van der Waals surface area contributed by atoms with Gasteiger partial charge < -0.3 is 4.74 Å². The third-order valence-electron chi connectivity index (χ3n) is 4.51. The molecule has 28 heavy (non-hydrogen) atoms. The van der Waals surface area contributed by atoms with Crippen molar-refractivity contribution in [3.05, 3.63) is 54.1 Å². The van der Waals surface area contributed by atoms with Crippen LogP contribution in [0.2, 0.25) is 0 Å². The molecule has 2 heterocycles. The Kier molecular flexibility index (Phi) is 6.17. The lowest BCUT2D eigenvalue weighted by Gasteiger charge is -2.17. The van der Waals surface area contributed by atoms with Crippen LogP contribution in [-0.2, 0) is 0 Å². The molecule has 0 bridgehead atoms. The van der Waals surface area contributed by atoms with Crippen LogP contribution < -0.4 is 4.74 Å². The van der Waals surface area contributed by atoms with E-state index in [2.05, 4.69) is 23.8 Å². The lowest BCUT2D eigenvalue weighted by atomic mass is 10.00. The number of benzene rings is 1. The van der Waals surface area contributed by atoms with Gasteiger partial charge in [0, 0.05) is 23.3 Å². The second-order valence-corrected chi connectivity index (χ2v) is 7.48. The molecule has 2 aromatic heterocycles. The summed E-state index contributed by atoms with van der Waals surface area (Å²) in [7, 11) is 0. The highest BCUT2D eigenvalue weighted by Gasteiger charge is 2.19. The van der Waals surface area contributed by atoms with E-state index >= 15 is 0 Å². The molecule has 0 saturated carbocycles. The van der Waals surface area contributed by atoms with Gasteiger partial charge in [0.25, 0.3) is 6.43 Å². The van der Waals surface area contributed by atoms with Gasteiger partial charge in [-0.2, -0.15) is 0 Å². The van der Waals surface area contributed by atoms with E-state index in [-0.39, 0.29) is 17.4 Å².